The van der Waals surface area contributed by atoms with Crippen LogP contribution in [0.5, 0.6) is 0 Å². The second-order valence-electron chi connectivity index (χ2n) is 17.2. The maximum Gasteiger partial charge on any atom is 0.306 e. The summed E-state index contributed by atoms with van der Waals surface area (Å²) in [4.78, 5) is 24.5. The van der Waals surface area contributed by atoms with Crippen LogP contribution >= 0.6 is 0 Å². The summed E-state index contributed by atoms with van der Waals surface area (Å²) in [5.74, 6) is -0.596. The van der Waals surface area contributed by atoms with Crippen molar-refractivity contribution in [3.63, 3.8) is 0 Å². The number of hydrogen-bond acceptors (Lipinski definition) is 5. The summed E-state index contributed by atoms with van der Waals surface area (Å²) in [6.07, 6.45) is 67.4. The van der Waals surface area contributed by atoms with Gasteiger partial charge in [-0.3, -0.25) is 9.59 Å². The van der Waals surface area contributed by atoms with E-state index in [0.29, 0.717) is 12.8 Å². The van der Waals surface area contributed by atoms with E-state index in [0.717, 1.165) is 57.8 Å². The van der Waals surface area contributed by atoms with Gasteiger partial charge >= 0.3 is 11.9 Å². The third-order valence-electron chi connectivity index (χ3n) is 11.3. The average molecular weight is 839 g/mol. The first-order valence-electron chi connectivity index (χ1n) is 25.8. The molecular formula is C55H98O5. The number of aliphatic hydroxyl groups excluding tert-OH is 1. The summed E-state index contributed by atoms with van der Waals surface area (Å²) in [6, 6.07) is 0. The van der Waals surface area contributed by atoms with Crippen molar-refractivity contribution < 1.29 is 24.2 Å². The number of hydrogen-bond donors (Lipinski definition) is 1. The predicted octanol–water partition coefficient (Wildman–Crippen LogP) is 17.1. The van der Waals surface area contributed by atoms with Gasteiger partial charge in [-0.15, -0.1) is 0 Å². The minimum absolute atomic E-state index is 0.0707. The number of carbonyl (C=O) groups excluding carboxylic acids is 2. The summed E-state index contributed by atoms with van der Waals surface area (Å²) < 4.78 is 10.7. The normalized spacial score (nSPS) is 12.7. The summed E-state index contributed by atoms with van der Waals surface area (Å²) in [5, 5.41) is 9.63. The molecule has 1 N–H and O–H groups in total. The molecule has 0 saturated heterocycles. The SMILES string of the molecule is CCCCCCC/C=C\C/C=C\C/C=C\CCCCCCCCCCC(=O)OC(CO)COC(=O)CCCCCCCCCCCCC/C=C\C/C=C\CCCCCCC. The van der Waals surface area contributed by atoms with Crippen LogP contribution in [0.15, 0.2) is 60.8 Å². The molecule has 0 aromatic heterocycles. The zero-order valence-electron chi connectivity index (χ0n) is 39.7. The standard InChI is InChI=1S/C55H98O5/c1-3-5-7-9-11-13-15-17-19-21-23-25-27-29-31-33-35-37-39-41-43-45-47-49-54(57)59-52-53(51-56)60-55(58)50-48-46-44-42-40-38-36-34-32-30-28-26-24-22-20-18-16-14-12-10-8-6-4-2/h15-18,21-24,28,30,53,56H,3-14,19-20,25-27,29,31-52H2,1-2H3/b17-15-,18-16-,23-21-,24-22-,30-28-. The third kappa shape index (κ3) is 48.3. The van der Waals surface area contributed by atoms with Crippen LogP contribution in [0.25, 0.3) is 0 Å². The first-order valence-corrected chi connectivity index (χ1v) is 25.8. The van der Waals surface area contributed by atoms with E-state index in [4.69, 9.17) is 9.47 Å². The molecule has 1 unspecified atom stereocenters. The second-order valence-corrected chi connectivity index (χ2v) is 17.2. The molecule has 0 radical (unpaired) electrons. The van der Waals surface area contributed by atoms with E-state index in [1.807, 2.05) is 0 Å². The Hall–Kier alpha value is -2.40. The van der Waals surface area contributed by atoms with Gasteiger partial charge in [0, 0.05) is 12.8 Å². The smallest absolute Gasteiger partial charge is 0.306 e. The van der Waals surface area contributed by atoms with Crippen molar-refractivity contribution in [3.8, 4) is 0 Å². The number of carbonyl (C=O) groups is 2. The Morgan fingerprint density at radius 2 is 0.667 bits per heavy atom. The summed E-state index contributed by atoms with van der Waals surface area (Å²) in [5.41, 5.74) is 0. The molecule has 0 aromatic rings. The fraction of sp³-hybridized carbons (Fsp3) is 0.782. The van der Waals surface area contributed by atoms with Gasteiger partial charge in [0.25, 0.3) is 0 Å². The Bertz CT molecular complexity index is 1040. The van der Waals surface area contributed by atoms with Gasteiger partial charge in [-0.05, 0) is 83.5 Å². The third-order valence-corrected chi connectivity index (χ3v) is 11.3. The highest BCUT2D eigenvalue weighted by Crippen LogP contribution is 2.15. The zero-order chi connectivity index (χ0) is 43.5. The van der Waals surface area contributed by atoms with Gasteiger partial charge in [-0.25, -0.2) is 0 Å². The first kappa shape index (κ1) is 57.6. The Balaban J connectivity index is 3.53. The highest BCUT2D eigenvalue weighted by Gasteiger charge is 2.16. The highest BCUT2D eigenvalue weighted by atomic mass is 16.6. The number of rotatable bonds is 47. The van der Waals surface area contributed by atoms with E-state index < -0.39 is 6.10 Å². The molecule has 0 rings (SSSR count). The van der Waals surface area contributed by atoms with Crippen LogP contribution in [-0.2, 0) is 19.1 Å². The molecule has 0 aromatic carbocycles. The monoisotopic (exact) mass is 839 g/mol. The largest absolute Gasteiger partial charge is 0.462 e. The van der Waals surface area contributed by atoms with Gasteiger partial charge in [-0.1, -0.05) is 222 Å². The van der Waals surface area contributed by atoms with Gasteiger partial charge in [0.05, 0.1) is 6.61 Å². The molecule has 5 heteroatoms. The average Bonchev–Trinajstić information content (AvgIpc) is 3.25. The van der Waals surface area contributed by atoms with Crippen LogP contribution in [0.4, 0.5) is 0 Å². The van der Waals surface area contributed by atoms with Crippen molar-refractivity contribution in [3.05, 3.63) is 60.8 Å². The summed E-state index contributed by atoms with van der Waals surface area (Å²) in [7, 11) is 0. The Kier molecular flexibility index (Phi) is 48.9. The molecular weight excluding hydrogens is 741 g/mol. The van der Waals surface area contributed by atoms with E-state index in [1.54, 1.807) is 0 Å². The van der Waals surface area contributed by atoms with Crippen LogP contribution in [0.1, 0.15) is 258 Å². The van der Waals surface area contributed by atoms with Crippen molar-refractivity contribution >= 4 is 11.9 Å². The molecule has 0 heterocycles. The highest BCUT2D eigenvalue weighted by molar-refractivity contribution is 5.70. The van der Waals surface area contributed by atoms with Crippen LogP contribution in [0, 0.1) is 0 Å². The van der Waals surface area contributed by atoms with Crippen molar-refractivity contribution in [2.75, 3.05) is 13.2 Å². The topological polar surface area (TPSA) is 72.8 Å². The first-order chi connectivity index (χ1) is 29.6. The number of unbranched alkanes of at least 4 members (excludes halogenated alkanes) is 29. The molecule has 0 spiro atoms. The number of aliphatic hydroxyl groups is 1. The van der Waals surface area contributed by atoms with Gasteiger partial charge in [0.1, 0.15) is 6.61 Å². The van der Waals surface area contributed by atoms with Crippen molar-refractivity contribution in [2.45, 2.75) is 264 Å². The van der Waals surface area contributed by atoms with E-state index >= 15 is 0 Å². The van der Waals surface area contributed by atoms with E-state index in [9.17, 15) is 14.7 Å². The van der Waals surface area contributed by atoms with E-state index in [-0.39, 0.29) is 25.2 Å². The molecule has 0 bridgehead atoms. The Labute approximate surface area is 372 Å². The summed E-state index contributed by atoms with van der Waals surface area (Å²) >= 11 is 0. The molecule has 0 aliphatic heterocycles. The van der Waals surface area contributed by atoms with Crippen LogP contribution in [0.3, 0.4) is 0 Å². The van der Waals surface area contributed by atoms with Gasteiger partial charge in [0.2, 0.25) is 0 Å². The molecule has 1 atom stereocenters. The molecule has 5 nitrogen and oxygen atoms in total. The Morgan fingerprint density at radius 3 is 1.00 bits per heavy atom. The second kappa shape index (κ2) is 51.0. The molecule has 348 valence electrons. The van der Waals surface area contributed by atoms with Gasteiger partial charge in [0.15, 0.2) is 6.10 Å². The fourth-order valence-corrected chi connectivity index (χ4v) is 7.36. The number of allylic oxidation sites excluding steroid dienone is 10. The molecule has 0 aliphatic carbocycles. The molecule has 0 saturated carbocycles. The Morgan fingerprint density at radius 1 is 0.383 bits per heavy atom. The molecule has 0 aliphatic rings. The minimum Gasteiger partial charge on any atom is -0.462 e. The van der Waals surface area contributed by atoms with Crippen LogP contribution in [-0.4, -0.2) is 36.4 Å². The zero-order valence-corrected chi connectivity index (χ0v) is 39.7. The van der Waals surface area contributed by atoms with E-state index in [1.165, 1.54) is 173 Å². The lowest BCUT2D eigenvalue weighted by atomic mass is 10.0. The fourth-order valence-electron chi connectivity index (χ4n) is 7.36. The summed E-state index contributed by atoms with van der Waals surface area (Å²) in [6.45, 7) is 4.13. The van der Waals surface area contributed by atoms with Crippen LogP contribution < -0.4 is 0 Å². The van der Waals surface area contributed by atoms with Crippen molar-refractivity contribution in [2.24, 2.45) is 0 Å². The van der Waals surface area contributed by atoms with Crippen molar-refractivity contribution in [1.29, 1.82) is 0 Å². The number of esters is 2. The lowest BCUT2D eigenvalue weighted by Gasteiger charge is -2.15. The minimum atomic E-state index is -0.779. The van der Waals surface area contributed by atoms with Crippen LogP contribution in [0.2, 0.25) is 0 Å². The molecule has 0 fully saturated rings. The van der Waals surface area contributed by atoms with Gasteiger partial charge in [-0.2, -0.15) is 0 Å². The molecule has 0 amide bonds. The quantitative estimate of drug-likeness (QED) is 0.0375. The number of ether oxygens (including phenoxy) is 2. The van der Waals surface area contributed by atoms with Gasteiger partial charge < -0.3 is 14.6 Å². The predicted molar refractivity (Wildman–Crippen MR) is 260 cm³/mol. The lowest BCUT2D eigenvalue weighted by Crippen LogP contribution is -2.28. The maximum absolute atomic E-state index is 12.3. The maximum atomic E-state index is 12.3. The van der Waals surface area contributed by atoms with E-state index in [2.05, 4.69) is 74.6 Å². The van der Waals surface area contributed by atoms with Crippen molar-refractivity contribution in [1.82, 2.24) is 0 Å². The lowest BCUT2D eigenvalue weighted by molar-refractivity contribution is -0.161. The molecule has 60 heavy (non-hydrogen) atoms.